The van der Waals surface area contributed by atoms with Gasteiger partial charge in [-0.1, -0.05) is 13.3 Å². The molecule has 4 aliphatic rings. The molecular formula is C21H26N2O3. The summed E-state index contributed by atoms with van der Waals surface area (Å²) in [6.45, 7) is 4.15. The minimum Gasteiger partial charge on any atom is -0.508 e. The summed E-state index contributed by atoms with van der Waals surface area (Å²) in [5.74, 6) is 0.471. The van der Waals surface area contributed by atoms with E-state index in [0.717, 1.165) is 60.9 Å². The van der Waals surface area contributed by atoms with Crippen LogP contribution >= 0.6 is 0 Å². The molecule has 1 aromatic heterocycles. The van der Waals surface area contributed by atoms with E-state index in [9.17, 15) is 15.0 Å². The zero-order valence-electron chi connectivity index (χ0n) is 15.4. The number of rotatable bonds is 2. The molecule has 5 heteroatoms. The number of hydrogen-bond acceptors (Lipinski definition) is 3. The van der Waals surface area contributed by atoms with Crippen molar-refractivity contribution in [3.05, 3.63) is 29.5 Å². The fraction of sp³-hybridized carbons (Fsp3) is 0.571. The fourth-order valence-electron chi connectivity index (χ4n) is 6.57. The van der Waals surface area contributed by atoms with E-state index in [-0.39, 0.29) is 11.8 Å². The van der Waals surface area contributed by atoms with Crippen LogP contribution in [0.1, 0.15) is 37.4 Å². The second kappa shape index (κ2) is 5.26. The predicted octanol–water partition coefficient (Wildman–Crippen LogP) is 2.88. The summed E-state index contributed by atoms with van der Waals surface area (Å²) in [5.41, 5.74) is 2.31. The molecule has 0 amide bonds. The number of aryl methyl sites for hydroxylation is 1. The van der Waals surface area contributed by atoms with E-state index in [1.165, 1.54) is 0 Å². The Labute approximate surface area is 153 Å². The molecule has 2 saturated heterocycles. The Balaban J connectivity index is 1.86. The molecule has 138 valence electrons. The lowest BCUT2D eigenvalue weighted by molar-refractivity contribution is -0.158. The molecule has 5 nitrogen and oxygen atoms in total. The summed E-state index contributed by atoms with van der Waals surface area (Å²) in [6, 6.07) is 5.51. The predicted molar refractivity (Wildman–Crippen MR) is 99.5 cm³/mol. The first-order chi connectivity index (χ1) is 12.5. The monoisotopic (exact) mass is 354 g/mol. The summed E-state index contributed by atoms with van der Waals surface area (Å²) in [5, 5.41) is 21.6. The highest BCUT2D eigenvalue weighted by Gasteiger charge is 2.62. The van der Waals surface area contributed by atoms with Gasteiger partial charge in [0.15, 0.2) is 0 Å². The molecule has 3 fully saturated rings. The summed E-state index contributed by atoms with van der Waals surface area (Å²) in [6.07, 6.45) is 3.79. The highest BCUT2D eigenvalue weighted by molar-refractivity contribution is 5.92. The number of carboxylic acid groups (broad SMARTS) is 1. The second-order valence-electron chi connectivity index (χ2n) is 8.53. The second-order valence-corrected chi connectivity index (χ2v) is 8.53. The molecule has 0 radical (unpaired) electrons. The average Bonchev–Trinajstić information content (AvgIpc) is 2.84. The van der Waals surface area contributed by atoms with Crippen molar-refractivity contribution in [2.24, 2.45) is 18.9 Å². The van der Waals surface area contributed by atoms with Crippen LogP contribution in [0.2, 0.25) is 0 Å². The van der Waals surface area contributed by atoms with Gasteiger partial charge >= 0.3 is 5.97 Å². The SMILES string of the molecule is CCC1CC2CN3CCc4c(n(C)c5ccc(O)cc45)[C@](C(=O)O)(C2)C13. The summed E-state index contributed by atoms with van der Waals surface area (Å²) in [7, 11) is 2.00. The molecule has 6 rings (SSSR count). The number of aliphatic carboxylic acids is 1. The fourth-order valence-corrected chi connectivity index (χ4v) is 6.57. The molecule has 4 heterocycles. The Bertz CT molecular complexity index is 918. The maximum atomic E-state index is 12.9. The first-order valence-corrected chi connectivity index (χ1v) is 9.75. The largest absolute Gasteiger partial charge is 0.508 e. The van der Waals surface area contributed by atoms with Crippen LogP contribution in [-0.2, 0) is 23.7 Å². The van der Waals surface area contributed by atoms with Crippen LogP contribution in [0.15, 0.2) is 18.2 Å². The first kappa shape index (κ1) is 16.2. The number of fused-ring (bicyclic) bond motifs is 4. The van der Waals surface area contributed by atoms with Gasteiger partial charge in [-0.25, -0.2) is 0 Å². The molecule has 1 aliphatic carbocycles. The Kier molecular flexibility index (Phi) is 3.27. The van der Waals surface area contributed by atoms with E-state index in [2.05, 4.69) is 16.4 Å². The van der Waals surface area contributed by atoms with Crippen LogP contribution in [0.3, 0.4) is 0 Å². The Morgan fingerprint density at radius 2 is 2.19 bits per heavy atom. The van der Waals surface area contributed by atoms with E-state index in [0.29, 0.717) is 11.8 Å². The normalized spacial score (nSPS) is 35.3. The molecular weight excluding hydrogens is 328 g/mol. The van der Waals surface area contributed by atoms with Gasteiger partial charge in [0.05, 0.1) is 0 Å². The van der Waals surface area contributed by atoms with E-state index < -0.39 is 11.4 Å². The molecule has 1 saturated carbocycles. The third-order valence-corrected chi connectivity index (χ3v) is 7.35. The summed E-state index contributed by atoms with van der Waals surface area (Å²) < 4.78 is 2.11. The van der Waals surface area contributed by atoms with Crippen LogP contribution in [0, 0.1) is 11.8 Å². The van der Waals surface area contributed by atoms with Crippen LogP contribution in [0.25, 0.3) is 10.9 Å². The van der Waals surface area contributed by atoms with Crippen LogP contribution < -0.4 is 0 Å². The maximum Gasteiger partial charge on any atom is 0.317 e. The molecule has 3 aliphatic heterocycles. The third kappa shape index (κ3) is 1.82. The maximum absolute atomic E-state index is 12.9. The molecule has 1 aromatic carbocycles. The Hall–Kier alpha value is -2.01. The van der Waals surface area contributed by atoms with Crippen molar-refractivity contribution in [3.8, 4) is 5.75 Å². The van der Waals surface area contributed by atoms with Gasteiger partial charge in [-0.05, 0) is 54.9 Å². The highest BCUT2D eigenvalue weighted by Crippen LogP contribution is 2.55. The van der Waals surface area contributed by atoms with Crippen molar-refractivity contribution >= 4 is 16.9 Å². The van der Waals surface area contributed by atoms with Crippen LogP contribution in [0.4, 0.5) is 0 Å². The van der Waals surface area contributed by atoms with Gasteiger partial charge in [-0.15, -0.1) is 0 Å². The number of piperidine rings is 2. The molecule has 5 atom stereocenters. The van der Waals surface area contributed by atoms with Crippen molar-refractivity contribution in [2.75, 3.05) is 13.1 Å². The number of phenolic OH excluding ortho intramolecular Hbond substituents is 1. The first-order valence-electron chi connectivity index (χ1n) is 9.75. The van der Waals surface area contributed by atoms with Gasteiger partial charge in [0.1, 0.15) is 11.2 Å². The molecule has 26 heavy (non-hydrogen) atoms. The summed E-state index contributed by atoms with van der Waals surface area (Å²) >= 11 is 0. The van der Waals surface area contributed by atoms with Gasteiger partial charge in [0, 0.05) is 42.8 Å². The standard InChI is InChI=1S/C21H26N2O3/c1-3-13-8-12-10-21(20(25)26)18(13)23(11-12)7-6-15-16-9-14(24)4-5-17(16)22(2)19(15)21/h4-5,9,12-13,18,24H,3,6-8,10-11H2,1-2H3,(H,25,26)/t12?,13?,18?,21-/m0/s1. The zero-order valence-corrected chi connectivity index (χ0v) is 15.4. The number of hydrogen-bond donors (Lipinski definition) is 2. The molecule has 4 unspecified atom stereocenters. The van der Waals surface area contributed by atoms with Crippen LogP contribution in [0.5, 0.6) is 5.75 Å². The Morgan fingerprint density at radius 1 is 1.38 bits per heavy atom. The topological polar surface area (TPSA) is 65.7 Å². The van der Waals surface area contributed by atoms with E-state index in [1.54, 1.807) is 6.07 Å². The molecule has 2 N–H and O–H groups in total. The van der Waals surface area contributed by atoms with Crippen molar-refractivity contribution in [1.82, 2.24) is 9.47 Å². The van der Waals surface area contributed by atoms with Gasteiger partial charge in [0.2, 0.25) is 0 Å². The third-order valence-electron chi connectivity index (χ3n) is 7.35. The lowest BCUT2D eigenvalue weighted by atomic mass is 9.56. The van der Waals surface area contributed by atoms with Gasteiger partial charge in [-0.2, -0.15) is 0 Å². The van der Waals surface area contributed by atoms with Gasteiger partial charge in [0.25, 0.3) is 0 Å². The average molecular weight is 354 g/mol. The van der Waals surface area contributed by atoms with E-state index in [1.807, 2.05) is 19.2 Å². The lowest BCUT2D eigenvalue weighted by Gasteiger charge is -2.57. The van der Waals surface area contributed by atoms with Crippen molar-refractivity contribution < 1.29 is 15.0 Å². The molecule has 4 bridgehead atoms. The van der Waals surface area contributed by atoms with Gasteiger partial charge < -0.3 is 14.8 Å². The van der Waals surface area contributed by atoms with Crippen molar-refractivity contribution in [3.63, 3.8) is 0 Å². The number of carbonyl (C=O) groups is 1. The van der Waals surface area contributed by atoms with Crippen molar-refractivity contribution in [1.29, 1.82) is 0 Å². The minimum absolute atomic E-state index is 0.0767. The smallest absolute Gasteiger partial charge is 0.317 e. The van der Waals surface area contributed by atoms with Crippen molar-refractivity contribution in [2.45, 2.75) is 44.1 Å². The van der Waals surface area contributed by atoms with E-state index in [4.69, 9.17) is 0 Å². The lowest BCUT2D eigenvalue weighted by Crippen LogP contribution is -2.67. The number of benzene rings is 1. The highest BCUT2D eigenvalue weighted by atomic mass is 16.4. The van der Waals surface area contributed by atoms with E-state index >= 15 is 0 Å². The number of carboxylic acids is 1. The molecule has 2 aromatic rings. The minimum atomic E-state index is -0.836. The zero-order chi connectivity index (χ0) is 18.2. The Morgan fingerprint density at radius 3 is 2.92 bits per heavy atom. The molecule has 0 spiro atoms. The number of phenols is 1. The number of nitrogens with zero attached hydrogens (tertiary/aromatic N) is 2. The number of aromatic nitrogens is 1. The van der Waals surface area contributed by atoms with Gasteiger partial charge in [-0.3, -0.25) is 9.69 Å². The quantitative estimate of drug-likeness (QED) is 0.870. The number of aromatic hydroxyl groups is 1. The summed E-state index contributed by atoms with van der Waals surface area (Å²) in [4.78, 5) is 15.3. The van der Waals surface area contributed by atoms with Crippen LogP contribution in [-0.4, -0.2) is 44.8 Å².